The molecule has 3 rings (SSSR count). The third-order valence-corrected chi connectivity index (χ3v) is 12.5. The van der Waals surface area contributed by atoms with E-state index >= 15 is 0 Å². The molecule has 4 amide bonds. The summed E-state index contributed by atoms with van der Waals surface area (Å²) >= 11 is 1.20. The fourth-order valence-corrected chi connectivity index (χ4v) is 8.54. The first kappa shape index (κ1) is 50.0. The number of benzene rings is 1. The number of esters is 2. The maximum atomic E-state index is 14.3. The van der Waals surface area contributed by atoms with Crippen LogP contribution in [-0.2, 0) is 39.9 Å². The van der Waals surface area contributed by atoms with Gasteiger partial charge in [-0.3, -0.25) is 33.7 Å². The van der Waals surface area contributed by atoms with Crippen LogP contribution in [-0.4, -0.2) is 109 Å². The minimum absolute atomic E-state index is 0.0537. The van der Waals surface area contributed by atoms with Crippen molar-refractivity contribution < 1.29 is 38.2 Å². The zero-order chi connectivity index (χ0) is 44.4. The van der Waals surface area contributed by atoms with Gasteiger partial charge in [0.1, 0.15) is 16.7 Å². The average molecular weight is 855 g/mol. The smallest absolute Gasteiger partial charge is 0.305 e. The van der Waals surface area contributed by atoms with Gasteiger partial charge in [-0.25, -0.2) is 4.98 Å². The molecule has 0 unspecified atom stereocenters. The van der Waals surface area contributed by atoms with E-state index in [9.17, 15) is 28.8 Å². The molecule has 1 aromatic heterocycles. The summed E-state index contributed by atoms with van der Waals surface area (Å²) < 4.78 is 10.5. The standard InChI is InChI=1S/C45H70N6O8S/c1-10-30(4)40(49-43(56)36-21-16-18-24-50(36)7)45(57)51(8)37(29(2)3)27-38(59-32(6)52)44-48-35(28-60-44)42(55)47-34(26-33-19-13-11-14-20-33)25-31(5)41(54)46-23-17-12-15-22-39(53)58-9/h11,13-14,19-20,28-31,34,36-38,40H,10,12,15-18,21-27H2,1-9H3,(H,46,54)(H,47,55)(H,49,56)/t30-,31-,34+,36+,37+,38+,40-/m0/s1. The van der Waals surface area contributed by atoms with E-state index in [1.165, 1.54) is 25.4 Å². The number of carbonyl (C=O) groups is 6. The van der Waals surface area contributed by atoms with E-state index in [0.717, 1.165) is 44.2 Å². The van der Waals surface area contributed by atoms with E-state index in [1.807, 2.05) is 72.0 Å². The number of nitrogens with one attached hydrogen (secondary N) is 3. The lowest BCUT2D eigenvalue weighted by Crippen LogP contribution is -2.58. The highest BCUT2D eigenvalue weighted by Gasteiger charge is 2.37. The first-order chi connectivity index (χ1) is 28.6. The number of ether oxygens (including phenoxy) is 2. The minimum atomic E-state index is -0.839. The number of thiazole rings is 1. The van der Waals surface area contributed by atoms with Crippen LogP contribution in [0.25, 0.3) is 0 Å². The van der Waals surface area contributed by atoms with Crippen LogP contribution in [0.1, 0.15) is 133 Å². The number of amides is 4. The second-order valence-corrected chi connectivity index (χ2v) is 17.6. The van der Waals surface area contributed by atoms with Gasteiger partial charge in [-0.2, -0.15) is 0 Å². The molecule has 0 radical (unpaired) electrons. The molecule has 60 heavy (non-hydrogen) atoms. The summed E-state index contributed by atoms with van der Waals surface area (Å²) in [4.78, 5) is 86.9. The Labute approximate surface area is 361 Å². The van der Waals surface area contributed by atoms with Gasteiger partial charge in [-0.15, -0.1) is 11.3 Å². The quantitative estimate of drug-likeness (QED) is 0.0858. The summed E-state index contributed by atoms with van der Waals surface area (Å²) in [6.45, 7) is 12.4. The molecule has 334 valence electrons. The van der Waals surface area contributed by atoms with Gasteiger partial charge >= 0.3 is 11.9 Å². The van der Waals surface area contributed by atoms with Crippen LogP contribution < -0.4 is 16.0 Å². The van der Waals surface area contributed by atoms with E-state index in [0.29, 0.717) is 43.7 Å². The number of methoxy groups -OCH3 is 1. The van der Waals surface area contributed by atoms with Gasteiger partial charge in [0.25, 0.3) is 5.91 Å². The number of likely N-dealkylation sites (N-methyl/N-ethyl adjacent to an activating group) is 2. The zero-order valence-corrected chi connectivity index (χ0v) is 38.1. The van der Waals surface area contributed by atoms with Gasteiger partial charge < -0.3 is 30.3 Å². The number of nitrogens with zero attached hydrogens (tertiary/aromatic N) is 3. The maximum Gasteiger partial charge on any atom is 0.305 e. The predicted octanol–water partition coefficient (Wildman–Crippen LogP) is 5.85. The summed E-state index contributed by atoms with van der Waals surface area (Å²) in [6.07, 6.45) is 6.28. The molecule has 2 heterocycles. The molecule has 2 aromatic rings. The van der Waals surface area contributed by atoms with Crippen molar-refractivity contribution in [2.45, 2.75) is 142 Å². The fraction of sp³-hybridized carbons (Fsp3) is 0.667. The van der Waals surface area contributed by atoms with Gasteiger partial charge in [0, 0.05) is 56.7 Å². The zero-order valence-electron chi connectivity index (χ0n) is 37.3. The number of hydrogen-bond acceptors (Lipinski definition) is 11. The Kier molecular flexibility index (Phi) is 21.2. The second-order valence-electron chi connectivity index (χ2n) is 16.7. The normalized spacial score (nSPS) is 17.3. The van der Waals surface area contributed by atoms with Crippen molar-refractivity contribution in [2.24, 2.45) is 17.8 Å². The van der Waals surface area contributed by atoms with Gasteiger partial charge in [0.2, 0.25) is 17.7 Å². The molecular formula is C45H70N6O8S. The van der Waals surface area contributed by atoms with Crippen LogP contribution in [0.3, 0.4) is 0 Å². The third-order valence-electron chi connectivity index (χ3n) is 11.6. The Hall–Kier alpha value is -4.37. The van der Waals surface area contributed by atoms with E-state index in [4.69, 9.17) is 4.74 Å². The van der Waals surface area contributed by atoms with Gasteiger partial charge in [0.15, 0.2) is 6.10 Å². The number of rotatable bonds is 24. The van der Waals surface area contributed by atoms with Crippen molar-refractivity contribution in [1.29, 1.82) is 0 Å². The lowest BCUT2D eigenvalue weighted by atomic mass is 9.92. The molecule has 7 atom stereocenters. The van der Waals surface area contributed by atoms with Crippen molar-refractivity contribution >= 4 is 46.9 Å². The van der Waals surface area contributed by atoms with Crippen LogP contribution in [0.2, 0.25) is 0 Å². The van der Waals surface area contributed by atoms with E-state index in [2.05, 4.69) is 30.6 Å². The number of unbranched alkanes of at least 4 members (excludes halogenated alkanes) is 2. The lowest BCUT2D eigenvalue weighted by Gasteiger charge is -2.38. The van der Waals surface area contributed by atoms with Crippen LogP contribution >= 0.6 is 11.3 Å². The van der Waals surface area contributed by atoms with Gasteiger partial charge in [0.05, 0.1) is 13.2 Å². The summed E-state index contributed by atoms with van der Waals surface area (Å²) in [7, 11) is 5.04. The Morgan fingerprint density at radius 2 is 1.70 bits per heavy atom. The molecular weight excluding hydrogens is 785 g/mol. The summed E-state index contributed by atoms with van der Waals surface area (Å²) in [5.41, 5.74) is 1.16. The largest absolute Gasteiger partial charge is 0.469 e. The number of carbonyl (C=O) groups excluding carboxylic acids is 6. The molecule has 1 fully saturated rings. The lowest BCUT2D eigenvalue weighted by molar-refractivity contribution is -0.149. The molecule has 0 saturated carbocycles. The van der Waals surface area contributed by atoms with Crippen molar-refractivity contribution in [3.63, 3.8) is 0 Å². The minimum Gasteiger partial charge on any atom is -0.469 e. The molecule has 1 saturated heterocycles. The summed E-state index contributed by atoms with van der Waals surface area (Å²) in [6, 6.07) is 7.94. The predicted molar refractivity (Wildman–Crippen MR) is 233 cm³/mol. The highest BCUT2D eigenvalue weighted by Crippen LogP contribution is 2.31. The average Bonchev–Trinajstić information content (AvgIpc) is 3.72. The van der Waals surface area contributed by atoms with Crippen LogP contribution in [0.4, 0.5) is 0 Å². The molecule has 0 bridgehead atoms. The summed E-state index contributed by atoms with van der Waals surface area (Å²) in [5.74, 6) is -2.21. The van der Waals surface area contributed by atoms with E-state index in [-0.39, 0.29) is 53.7 Å². The van der Waals surface area contributed by atoms with Crippen molar-refractivity contribution in [3.8, 4) is 0 Å². The maximum absolute atomic E-state index is 14.3. The van der Waals surface area contributed by atoms with Crippen molar-refractivity contribution in [2.75, 3.05) is 34.3 Å². The first-order valence-corrected chi connectivity index (χ1v) is 22.5. The number of likely N-dealkylation sites (tertiary alicyclic amines) is 1. The Bertz CT molecular complexity index is 1690. The molecule has 15 heteroatoms. The Morgan fingerprint density at radius 3 is 2.33 bits per heavy atom. The van der Waals surface area contributed by atoms with Crippen LogP contribution in [0, 0.1) is 17.8 Å². The van der Waals surface area contributed by atoms with Crippen LogP contribution in [0.5, 0.6) is 0 Å². The second kappa shape index (κ2) is 25.4. The molecule has 0 aliphatic carbocycles. The topological polar surface area (TPSA) is 176 Å². The van der Waals surface area contributed by atoms with E-state index < -0.39 is 42.0 Å². The molecule has 14 nitrogen and oxygen atoms in total. The highest BCUT2D eigenvalue weighted by molar-refractivity contribution is 7.09. The number of piperidine rings is 1. The van der Waals surface area contributed by atoms with Gasteiger partial charge in [-0.1, -0.05) is 84.2 Å². The van der Waals surface area contributed by atoms with Gasteiger partial charge in [-0.05, 0) is 69.5 Å². The van der Waals surface area contributed by atoms with Crippen molar-refractivity contribution in [1.82, 2.24) is 30.7 Å². The van der Waals surface area contributed by atoms with E-state index in [1.54, 1.807) is 17.3 Å². The monoisotopic (exact) mass is 854 g/mol. The molecule has 1 aliphatic heterocycles. The molecule has 3 N–H and O–H groups in total. The third kappa shape index (κ3) is 15.9. The number of aromatic nitrogens is 1. The van der Waals surface area contributed by atoms with Crippen molar-refractivity contribution in [3.05, 3.63) is 52.0 Å². The molecule has 1 aliphatic rings. The Morgan fingerprint density at radius 1 is 0.983 bits per heavy atom. The first-order valence-electron chi connectivity index (χ1n) is 21.6. The SMILES string of the molecule is CC[C@H](C)[C@H](NC(=O)[C@H]1CCCCN1C)C(=O)N(C)[C@H](C[C@@H](OC(C)=O)c1nc(C(=O)N[C@@H](Cc2ccccc2)C[C@H](C)C(=O)NCCCCCC(=O)OC)cs1)C(C)C. The highest BCUT2D eigenvalue weighted by atomic mass is 32.1. The summed E-state index contributed by atoms with van der Waals surface area (Å²) in [5, 5.41) is 11.2. The molecule has 0 spiro atoms. The fourth-order valence-electron chi connectivity index (χ4n) is 7.70. The van der Waals surface area contributed by atoms with Crippen LogP contribution in [0.15, 0.2) is 35.7 Å². The Balaban J connectivity index is 1.75. The molecule has 1 aromatic carbocycles. The number of hydrogen-bond donors (Lipinski definition) is 3.